The first kappa shape index (κ1) is 32.2. The molecule has 3 aliphatic carbocycles. The van der Waals surface area contributed by atoms with Gasteiger partial charge in [-0.25, -0.2) is 4.79 Å². The molecule has 5 unspecified atom stereocenters. The summed E-state index contributed by atoms with van der Waals surface area (Å²) in [4.78, 5) is 11.8. The minimum absolute atomic E-state index is 0.0294. The van der Waals surface area contributed by atoms with Crippen LogP contribution in [0.4, 0.5) is 0 Å². The summed E-state index contributed by atoms with van der Waals surface area (Å²) in [5.74, 6) is 2.66. The van der Waals surface area contributed by atoms with Crippen molar-refractivity contribution in [2.24, 2.45) is 40.4 Å². The van der Waals surface area contributed by atoms with E-state index in [1.165, 1.54) is 51.4 Å². The first-order valence-corrected chi connectivity index (χ1v) is 16.6. The van der Waals surface area contributed by atoms with E-state index in [0.29, 0.717) is 35.7 Å². The van der Waals surface area contributed by atoms with Gasteiger partial charge in [0.25, 0.3) is 0 Å². The van der Waals surface area contributed by atoms with Crippen molar-refractivity contribution in [2.45, 2.75) is 150 Å². The van der Waals surface area contributed by atoms with Crippen molar-refractivity contribution in [1.82, 2.24) is 16.0 Å². The second-order valence-electron chi connectivity index (χ2n) is 15.7. The lowest BCUT2D eigenvalue weighted by atomic mass is 9.68. The number of aliphatic hydroxyl groups excluding tert-OH is 1. The zero-order chi connectivity index (χ0) is 29.1. The molecule has 4 rings (SSSR count). The summed E-state index contributed by atoms with van der Waals surface area (Å²) in [6.45, 7) is 16.5. The van der Waals surface area contributed by atoms with Crippen LogP contribution in [0.25, 0.3) is 0 Å². The molecule has 0 aromatic carbocycles. The molecule has 4 fully saturated rings. The number of nitrogens with one attached hydrogen (secondary N) is 3. The Morgan fingerprint density at radius 2 is 1.20 bits per heavy atom. The minimum atomic E-state index is -0.460. The predicted octanol–water partition coefficient (Wildman–Crippen LogP) is 5.56. The van der Waals surface area contributed by atoms with E-state index in [1.807, 2.05) is 0 Å². The topological polar surface area (TPSA) is 91.9 Å². The molecule has 0 aromatic rings. The molecule has 0 amide bonds. The summed E-state index contributed by atoms with van der Waals surface area (Å²) in [5, 5.41) is 23.3. The third-order valence-electron chi connectivity index (χ3n) is 11.0. The standard InChI is InChI=1S/C33H61N3O4/c1-8-39-28(38)20-40-25-17-18-26(27(37)19-25)31-35-29(21-9-13-23(14-10-21)32(2,3)4)34-30(36-31)22-11-15-24(16-12-22)33(5,6)7/h21-27,29-31,34-37H,8-20H2,1-7H3. The predicted molar refractivity (Wildman–Crippen MR) is 160 cm³/mol. The van der Waals surface area contributed by atoms with E-state index in [0.717, 1.165) is 24.7 Å². The van der Waals surface area contributed by atoms with Gasteiger partial charge in [0.1, 0.15) is 6.61 Å². The molecule has 0 spiro atoms. The fourth-order valence-corrected chi connectivity index (χ4v) is 8.21. The van der Waals surface area contributed by atoms with Crippen LogP contribution in [-0.2, 0) is 14.3 Å². The summed E-state index contributed by atoms with van der Waals surface area (Å²) in [7, 11) is 0. The molecule has 0 aromatic heterocycles. The molecule has 7 heteroatoms. The number of rotatable bonds is 7. The van der Waals surface area contributed by atoms with E-state index in [9.17, 15) is 9.90 Å². The SMILES string of the molecule is CCOC(=O)COC1CCC(C2NC(C3CCC(C(C)(C)C)CC3)NC(C3CCC(C(C)(C)C)CC3)N2)C(O)C1. The highest BCUT2D eigenvalue weighted by atomic mass is 16.6. The average molecular weight is 564 g/mol. The second-order valence-corrected chi connectivity index (χ2v) is 15.7. The maximum Gasteiger partial charge on any atom is 0.332 e. The maximum atomic E-state index is 11.8. The van der Waals surface area contributed by atoms with Gasteiger partial charge in [0, 0.05) is 5.92 Å². The second kappa shape index (κ2) is 13.7. The van der Waals surface area contributed by atoms with Crippen molar-refractivity contribution in [3.63, 3.8) is 0 Å². The van der Waals surface area contributed by atoms with Crippen LogP contribution in [0.5, 0.6) is 0 Å². The number of carbonyl (C=O) groups excluding carboxylic acids is 1. The Morgan fingerprint density at radius 3 is 1.62 bits per heavy atom. The summed E-state index contributed by atoms with van der Waals surface area (Å²) in [6, 6.07) is 0. The van der Waals surface area contributed by atoms with Crippen LogP contribution in [0.2, 0.25) is 0 Å². The van der Waals surface area contributed by atoms with Crippen molar-refractivity contribution in [1.29, 1.82) is 0 Å². The van der Waals surface area contributed by atoms with E-state index < -0.39 is 6.10 Å². The molecule has 4 aliphatic rings. The zero-order valence-electron chi connectivity index (χ0n) is 26.6. The normalized spacial score (nSPS) is 40.0. The molecule has 1 heterocycles. The van der Waals surface area contributed by atoms with Crippen LogP contribution in [0.15, 0.2) is 0 Å². The van der Waals surface area contributed by atoms with Crippen LogP contribution >= 0.6 is 0 Å². The molecule has 40 heavy (non-hydrogen) atoms. The Labute approximate surface area is 244 Å². The molecular formula is C33H61N3O4. The smallest absolute Gasteiger partial charge is 0.332 e. The van der Waals surface area contributed by atoms with Gasteiger partial charge < -0.3 is 14.6 Å². The van der Waals surface area contributed by atoms with Crippen molar-refractivity contribution in [3.8, 4) is 0 Å². The van der Waals surface area contributed by atoms with Crippen molar-refractivity contribution >= 4 is 5.97 Å². The van der Waals surface area contributed by atoms with Gasteiger partial charge in [-0.1, -0.05) is 41.5 Å². The van der Waals surface area contributed by atoms with Gasteiger partial charge >= 0.3 is 5.97 Å². The zero-order valence-corrected chi connectivity index (χ0v) is 26.6. The number of carbonyl (C=O) groups is 1. The molecule has 1 aliphatic heterocycles. The van der Waals surface area contributed by atoms with Gasteiger partial charge in [-0.15, -0.1) is 0 Å². The van der Waals surface area contributed by atoms with Crippen LogP contribution < -0.4 is 16.0 Å². The molecule has 3 saturated carbocycles. The molecule has 4 N–H and O–H groups in total. The maximum absolute atomic E-state index is 11.8. The van der Waals surface area contributed by atoms with Crippen molar-refractivity contribution in [2.75, 3.05) is 13.2 Å². The van der Waals surface area contributed by atoms with Gasteiger partial charge in [-0.3, -0.25) is 16.0 Å². The number of aliphatic hydroxyl groups is 1. The number of ether oxygens (including phenoxy) is 2. The molecular weight excluding hydrogens is 502 g/mol. The van der Waals surface area contributed by atoms with E-state index in [-0.39, 0.29) is 43.1 Å². The van der Waals surface area contributed by atoms with Gasteiger partial charge in [-0.05, 0) is 112 Å². The monoisotopic (exact) mass is 563 g/mol. The fourth-order valence-electron chi connectivity index (χ4n) is 8.21. The lowest BCUT2D eigenvalue weighted by Gasteiger charge is -2.51. The van der Waals surface area contributed by atoms with E-state index in [2.05, 4.69) is 57.5 Å². The number of hydrogen-bond donors (Lipinski definition) is 4. The fraction of sp³-hybridized carbons (Fsp3) is 0.970. The Hall–Kier alpha value is -0.730. The first-order chi connectivity index (χ1) is 18.8. The summed E-state index contributed by atoms with van der Waals surface area (Å²) in [5.41, 5.74) is 0.767. The Bertz CT molecular complexity index is 750. The highest BCUT2D eigenvalue weighted by molar-refractivity contribution is 5.70. The minimum Gasteiger partial charge on any atom is -0.464 e. The van der Waals surface area contributed by atoms with Crippen LogP contribution in [-0.4, -0.2) is 55.0 Å². The van der Waals surface area contributed by atoms with Crippen LogP contribution in [0, 0.1) is 40.4 Å². The Balaban J connectivity index is 1.40. The quantitative estimate of drug-likeness (QED) is 0.301. The molecule has 0 bridgehead atoms. The average Bonchev–Trinajstić information content (AvgIpc) is 2.91. The Kier molecular flexibility index (Phi) is 11.0. The molecule has 7 nitrogen and oxygen atoms in total. The van der Waals surface area contributed by atoms with Crippen LogP contribution in [0.3, 0.4) is 0 Å². The van der Waals surface area contributed by atoms with Crippen LogP contribution in [0.1, 0.15) is 119 Å². The summed E-state index contributed by atoms with van der Waals surface area (Å²) >= 11 is 0. The number of esters is 1. The molecule has 1 saturated heterocycles. The van der Waals surface area contributed by atoms with Gasteiger partial charge in [-0.2, -0.15) is 0 Å². The van der Waals surface area contributed by atoms with Crippen molar-refractivity contribution < 1.29 is 19.4 Å². The Morgan fingerprint density at radius 1 is 0.725 bits per heavy atom. The third-order valence-corrected chi connectivity index (χ3v) is 11.0. The van der Waals surface area contributed by atoms with Gasteiger partial charge in [0.15, 0.2) is 0 Å². The third kappa shape index (κ3) is 8.43. The van der Waals surface area contributed by atoms with Gasteiger partial charge in [0.2, 0.25) is 0 Å². The lowest BCUT2D eigenvalue weighted by Crippen LogP contribution is -2.73. The van der Waals surface area contributed by atoms with Crippen molar-refractivity contribution in [3.05, 3.63) is 0 Å². The largest absolute Gasteiger partial charge is 0.464 e. The first-order valence-electron chi connectivity index (χ1n) is 16.6. The molecule has 5 atom stereocenters. The van der Waals surface area contributed by atoms with E-state index in [4.69, 9.17) is 9.47 Å². The van der Waals surface area contributed by atoms with E-state index >= 15 is 0 Å². The molecule has 0 radical (unpaired) electrons. The van der Waals surface area contributed by atoms with E-state index in [1.54, 1.807) is 6.92 Å². The highest BCUT2D eigenvalue weighted by Crippen LogP contribution is 2.43. The highest BCUT2D eigenvalue weighted by Gasteiger charge is 2.44. The number of hydrogen-bond acceptors (Lipinski definition) is 7. The summed E-state index contributed by atoms with van der Waals surface area (Å²) < 4.78 is 10.8. The molecule has 232 valence electrons. The summed E-state index contributed by atoms with van der Waals surface area (Å²) in [6.07, 6.45) is 12.7. The lowest BCUT2D eigenvalue weighted by molar-refractivity contribution is -0.153. The van der Waals surface area contributed by atoms with Gasteiger partial charge in [0.05, 0.1) is 37.3 Å².